The number of alkyl halides is 6. The van der Waals surface area contributed by atoms with Crippen molar-refractivity contribution in [3.63, 3.8) is 0 Å². The molecule has 0 N–H and O–H groups in total. The van der Waals surface area contributed by atoms with E-state index in [1.54, 1.807) is 12.1 Å². The fraction of sp³-hybridized carbons (Fsp3) is 0.318. The van der Waals surface area contributed by atoms with Crippen LogP contribution in [0.5, 0.6) is 5.75 Å². The van der Waals surface area contributed by atoms with Gasteiger partial charge in [0.15, 0.2) is 0 Å². The third kappa shape index (κ3) is 5.69. The molecule has 3 aromatic rings. The van der Waals surface area contributed by atoms with Crippen molar-refractivity contribution in [2.45, 2.75) is 31.3 Å². The zero-order valence-electron chi connectivity index (χ0n) is 17.7. The second-order valence-corrected chi connectivity index (χ2v) is 8.15. The van der Waals surface area contributed by atoms with E-state index in [-0.39, 0.29) is 30.6 Å². The molecule has 35 heavy (non-hydrogen) atoms. The molecule has 6 nitrogen and oxygen atoms in total. The van der Waals surface area contributed by atoms with Crippen LogP contribution in [0.2, 0.25) is 5.02 Å². The summed E-state index contributed by atoms with van der Waals surface area (Å²) in [5, 5.41) is 2.84. The van der Waals surface area contributed by atoms with Crippen LogP contribution in [-0.4, -0.2) is 40.1 Å². The lowest BCUT2D eigenvalue weighted by Crippen LogP contribution is -2.41. The molecular weight excluding hydrogens is 504 g/mol. The van der Waals surface area contributed by atoms with Crippen LogP contribution < -0.4 is 4.74 Å². The van der Waals surface area contributed by atoms with Gasteiger partial charge in [-0.05, 0) is 42.5 Å². The number of carbonyl (C=O) groups excluding carboxylic acids is 1. The Kier molecular flexibility index (Phi) is 6.67. The summed E-state index contributed by atoms with van der Waals surface area (Å²) in [5.41, 5.74) is -0.868. The molecule has 0 unspecified atom stereocenters. The highest BCUT2D eigenvalue weighted by molar-refractivity contribution is 6.31. The van der Waals surface area contributed by atoms with Crippen molar-refractivity contribution in [1.29, 1.82) is 0 Å². The number of piperidine rings is 1. The van der Waals surface area contributed by atoms with Gasteiger partial charge in [-0.25, -0.2) is 0 Å². The van der Waals surface area contributed by atoms with E-state index in [1.165, 1.54) is 23.1 Å². The van der Waals surface area contributed by atoms with Gasteiger partial charge in [0.1, 0.15) is 11.9 Å². The van der Waals surface area contributed by atoms with Gasteiger partial charge in [0.25, 0.3) is 5.91 Å². The summed E-state index contributed by atoms with van der Waals surface area (Å²) >= 11 is 5.61. The van der Waals surface area contributed by atoms with Crippen LogP contribution in [0.1, 0.15) is 34.7 Å². The highest BCUT2D eigenvalue weighted by atomic mass is 35.5. The molecule has 1 aromatic heterocycles. The molecule has 1 saturated heterocycles. The highest BCUT2D eigenvalue weighted by Gasteiger charge is 2.38. The van der Waals surface area contributed by atoms with Gasteiger partial charge in [0.2, 0.25) is 5.82 Å². The Morgan fingerprint density at radius 2 is 1.66 bits per heavy atom. The topological polar surface area (TPSA) is 68.5 Å². The Balaban J connectivity index is 1.34. The molecule has 0 radical (unpaired) electrons. The van der Waals surface area contributed by atoms with Crippen LogP contribution in [0.3, 0.4) is 0 Å². The van der Waals surface area contributed by atoms with Gasteiger partial charge in [0.05, 0.1) is 10.6 Å². The molecule has 1 fully saturated rings. The van der Waals surface area contributed by atoms with E-state index in [2.05, 4.69) is 14.7 Å². The van der Waals surface area contributed by atoms with Gasteiger partial charge < -0.3 is 14.2 Å². The minimum Gasteiger partial charge on any atom is -0.490 e. The standard InChI is InChI=1S/C22H16ClF6N3O3/c23-17-6-3-13(11-16(17)21(24,25)26)19(33)32-9-7-15(8-10-32)34-14-4-1-12(2-5-14)18-30-20(35-31-18)22(27,28)29/h1-6,11,15H,7-10H2. The minimum atomic E-state index is -4.74. The van der Waals surface area contributed by atoms with Crippen LogP contribution in [-0.2, 0) is 12.4 Å². The van der Waals surface area contributed by atoms with Crippen molar-refractivity contribution in [3.05, 3.63) is 64.5 Å². The Morgan fingerprint density at radius 1 is 1.00 bits per heavy atom. The molecule has 4 rings (SSSR count). The maximum absolute atomic E-state index is 13.1. The predicted molar refractivity (Wildman–Crippen MR) is 111 cm³/mol. The summed E-state index contributed by atoms with van der Waals surface area (Å²) in [6.07, 6.45) is -8.80. The normalized spacial score (nSPS) is 15.3. The molecule has 0 saturated carbocycles. The fourth-order valence-corrected chi connectivity index (χ4v) is 3.79. The maximum Gasteiger partial charge on any atom is 0.471 e. The maximum atomic E-state index is 13.1. The number of likely N-dealkylation sites (tertiary alicyclic amines) is 1. The molecule has 1 aliphatic heterocycles. The summed E-state index contributed by atoms with van der Waals surface area (Å²) in [6.45, 7) is 0.545. The second-order valence-electron chi connectivity index (χ2n) is 7.75. The van der Waals surface area contributed by atoms with Crippen LogP contribution >= 0.6 is 11.6 Å². The zero-order chi connectivity index (χ0) is 25.4. The van der Waals surface area contributed by atoms with E-state index in [0.29, 0.717) is 24.2 Å². The smallest absolute Gasteiger partial charge is 0.471 e. The number of amides is 1. The Hall–Kier alpha value is -3.28. The number of hydrogen-bond acceptors (Lipinski definition) is 5. The van der Waals surface area contributed by atoms with Gasteiger partial charge in [-0.1, -0.05) is 16.8 Å². The number of aromatic nitrogens is 2. The average Bonchev–Trinajstić information content (AvgIpc) is 3.30. The van der Waals surface area contributed by atoms with E-state index in [4.69, 9.17) is 16.3 Å². The minimum absolute atomic E-state index is 0.105. The molecule has 0 atom stereocenters. The van der Waals surface area contributed by atoms with E-state index in [1.807, 2.05) is 0 Å². The number of hydrogen-bond donors (Lipinski definition) is 0. The van der Waals surface area contributed by atoms with Crippen molar-refractivity contribution in [1.82, 2.24) is 15.0 Å². The largest absolute Gasteiger partial charge is 0.490 e. The Morgan fingerprint density at radius 3 is 2.23 bits per heavy atom. The lowest BCUT2D eigenvalue weighted by atomic mass is 10.0. The lowest BCUT2D eigenvalue weighted by Gasteiger charge is -2.32. The molecular formula is C22H16ClF6N3O3. The molecule has 0 spiro atoms. The van der Waals surface area contributed by atoms with Crippen LogP contribution in [0.15, 0.2) is 47.0 Å². The molecule has 1 amide bonds. The predicted octanol–water partition coefficient (Wildman–Crippen LogP) is 6.11. The lowest BCUT2D eigenvalue weighted by molar-refractivity contribution is -0.159. The van der Waals surface area contributed by atoms with E-state index >= 15 is 0 Å². The Labute approximate surface area is 199 Å². The summed E-state index contributed by atoms with van der Waals surface area (Å²) in [6, 6.07) is 9.11. The number of benzene rings is 2. The third-order valence-electron chi connectivity index (χ3n) is 5.33. The van der Waals surface area contributed by atoms with Crippen molar-refractivity contribution < 1.29 is 40.4 Å². The van der Waals surface area contributed by atoms with Crippen molar-refractivity contribution in [3.8, 4) is 17.1 Å². The van der Waals surface area contributed by atoms with Crippen LogP contribution in [0.4, 0.5) is 26.3 Å². The summed E-state index contributed by atoms with van der Waals surface area (Å²) < 4.78 is 87.1. The van der Waals surface area contributed by atoms with E-state index in [9.17, 15) is 31.1 Å². The van der Waals surface area contributed by atoms with Gasteiger partial charge >= 0.3 is 18.2 Å². The van der Waals surface area contributed by atoms with Gasteiger partial charge in [-0.3, -0.25) is 4.79 Å². The highest BCUT2D eigenvalue weighted by Crippen LogP contribution is 2.35. The molecule has 0 aliphatic carbocycles. The summed E-state index contributed by atoms with van der Waals surface area (Å²) in [5.74, 6) is -1.74. The zero-order valence-corrected chi connectivity index (χ0v) is 18.4. The first-order valence-electron chi connectivity index (χ1n) is 10.3. The first-order chi connectivity index (χ1) is 16.4. The molecule has 0 bridgehead atoms. The number of ether oxygens (including phenoxy) is 1. The molecule has 13 heteroatoms. The quantitative estimate of drug-likeness (QED) is 0.389. The van der Waals surface area contributed by atoms with Gasteiger partial charge in [0, 0.05) is 37.1 Å². The number of carbonyl (C=O) groups is 1. The van der Waals surface area contributed by atoms with Gasteiger partial charge in [-0.15, -0.1) is 0 Å². The van der Waals surface area contributed by atoms with Gasteiger partial charge in [-0.2, -0.15) is 31.3 Å². The monoisotopic (exact) mass is 519 g/mol. The molecule has 1 aliphatic rings. The van der Waals surface area contributed by atoms with Crippen LogP contribution in [0.25, 0.3) is 11.4 Å². The molecule has 186 valence electrons. The molecule has 2 heterocycles. The van der Waals surface area contributed by atoms with Crippen molar-refractivity contribution in [2.24, 2.45) is 0 Å². The fourth-order valence-electron chi connectivity index (χ4n) is 3.57. The number of nitrogens with zero attached hydrogens (tertiary/aromatic N) is 3. The van der Waals surface area contributed by atoms with Crippen molar-refractivity contribution >= 4 is 17.5 Å². The third-order valence-corrected chi connectivity index (χ3v) is 5.66. The number of halogens is 7. The second kappa shape index (κ2) is 9.40. The molecule has 2 aromatic carbocycles. The first kappa shape index (κ1) is 24.8. The number of rotatable bonds is 4. The van der Waals surface area contributed by atoms with Crippen molar-refractivity contribution in [2.75, 3.05) is 13.1 Å². The van der Waals surface area contributed by atoms with E-state index < -0.39 is 34.7 Å². The summed E-state index contributed by atoms with van der Waals surface area (Å²) in [4.78, 5) is 17.4. The van der Waals surface area contributed by atoms with Crippen LogP contribution in [0, 0.1) is 0 Å². The first-order valence-corrected chi connectivity index (χ1v) is 10.6. The SMILES string of the molecule is O=C(c1ccc(Cl)c(C(F)(F)F)c1)N1CCC(Oc2ccc(-c3noc(C(F)(F)F)n3)cc2)CC1. The summed E-state index contributed by atoms with van der Waals surface area (Å²) in [7, 11) is 0. The average molecular weight is 520 g/mol. The van der Waals surface area contributed by atoms with E-state index in [0.717, 1.165) is 12.1 Å². The Bertz CT molecular complexity index is 1200.